The zero-order valence-corrected chi connectivity index (χ0v) is 9.66. The maximum absolute atomic E-state index is 5.36. The van der Waals surface area contributed by atoms with Crippen LogP contribution in [0.3, 0.4) is 0 Å². The van der Waals surface area contributed by atoms with Gasteiger partial charge in [0.2, 0.25) is 0 Å². The van der Waals surface area contributed by atoms with E-state index in [1.807, 2.05) is 24.5 Å². The SMILES string of the molecule is Cc1cnccc1CNCc1occc1C. The van der Waals surface area contributed by atoms with E-state index in [0.29, 0.717) is 0 Å². The van der Waals surface area contributed by atoms with Gasteiger partial charge in [-0.3, -0.25) is 4.98 Å². The lowest BCUT2D eigenvalue weighted by Crippen LogP contribution is -2.13. The lowest BCUT2D eigenvalue weighted by Gasteiger charge is -2.06. The molecule has 0 radical (unpaired) electrons. The van der Waals surface area contributed by atoms with Crippen molar-refractivity contribution in [3.63, 3.8) is 0 Å². The Morgan fingerprint density at radius 1 is 1.19 bits per heavy atom. The number of hydrogen-bond acceptors (Lipinski definition) is 3. The van der Waals surface area contributed by atoms with E-state index in [1.165, 1.54) is 16.7 Å². The summed E-state index contributed by atoms with van der Waals surface area (Å²) in [6, 6.07) is 4.02. The number of furan rings is 1. The molecule has 0 saturated carbocycles. The number of nitrogens with zero attached hydrogens (tertiary/aromatic N) is 1. The first kappa shape index (κ1) is 10.9. The largest absolute Gasteiger partial charge is 0.468 e. The zero-order chi connectivity index (χ0) is 11.4. The summed E-state index contributed by atoms with van der Waals surface area (Å²) in [4.78, 5) is 4.07. The number of aryl methyl sites for hydroxylation is 2. The molecule has 16 heavy (non-hydrogen) atoms. The van der Waals surface area contributed by atoms with Crippen molar-refractivity contribution in [1.82, 2.24) is 10.3 Å². The minimum atomic E-state index is 0.764. The van der Waals surface area contributed by atoms with E-state index in [4.69, 9.17) is 4.42 Å². The highest BCUT2D eigenvalue weighted by Gasteiger charge is 2.02. The maximum Gasteiger partial charge on any atom is 0.120 e. The summed E-state index contributed by atoms with van der Waals surface area (Å²) >= 11 is 0. The van der Waals surface area contributed by atoms with Crippen molar-refractivity contribution in [1.29, 1.82) is 0 Å². The fraction of sp³-hybridized carbons (Fsp3) is 0.308. The molecular formula is C13H16N2O. The minimum absolute atomic E-state index is 0.764. The Hall–Kier alpha value is -1.61. The average Bonchev–Trinajstić information content (AvgIpc) is 2.67. The molecule has 0 aromatic carbocycles. The Bertz CT molecular complexity index is 462. The first-order chi connectivity index (χ1) is 7.77. The number of rotatable bonds is 4. The number of aromatic nitrogens is 1. The minimum Gasteiger partial charge on any atom is -0.468 e. The fourth-order valence-corrected chi connectivity index (χ4v) is 1.60. The fourth-order valence-electron chi connectivity index (χ4n) is 1.60. The van der Waals surface area contributed by atoms with E-state index < -0.39 is 0 Å². The Balaban J connectivity index is 1.89. The third kappa shape index (κ3) is 2.49. The van der Waals surface area contributed by atoms with Crippen molar-refractivity contribution in [3.8, 4) is 0 Å². The smallest absolute Gasteiger partial charge is 0.120 e. The van der Waals surface area contributed by atoms with Crippen LogP contribution < -0.4 is 5.32 Å². The van der Waals surface area contributed by atoms with Crippen LogP contribution in [0.1, 0.15) is 22.5 Å². The van der Waals surface area contributed by atoms with Gasteiger partial charge in [-0.25, -0.2) is 0 Å². The number of pyridine rings is 1. The summed E-state index contributed by atoms with van der Waals surface area (Å²) in [5.41, 5.74) is 3.68. The second-order valence-corrected chi connectivity index (χ2v) is 3.93. The summed E-state index contributed by atoms with van der Waals surface area (Å²) in [7, 11) is 0. The monoisotopic (exact) mass is 216 g/mol. The summed E-state index contributed by atoms with van der Waals surface area (Å²) < 4.78 is 5.36. The van der Waals surface area contributed by atoms with Gasteiger partial charge in [0.05, 0.1) is 12.8 Å². The van der Waals surface area contributed by atoms with Crippen molar-refractivity contribution < 1.29 is 4.42 Å². The number of hydrogen-bond donors (Lipinski definition) is 1. The Kier molecular flexibility index (Phi) is 3.37. The van der Waals surface area contributed by atoms with Crippen molar-refractivity contribution >= 4 is 0 Å². The standard InChI is InChI=1S/C13H16N2O/c1-10-4-6-16-13(10)9-15-8-12-3-5-14-7-11(12)2/h3-7,15H,8-9H2,1-2H3. The molecule has 1 N–H and O–H groups in total. The molecule has 0 amide bonds. The highest BCUT2D eigenvalue weighted by atomic mass is 16.3. The molecule has 2 rings (SSSR count). The molecule has 0 spiro atoms. The van der Waals surface area contributed by atoms with E-state index >= 15 is 0 Å². The molecule has 2 aromatic rings. The van der Waals surface area contributed by atoms with Crippen LogP contribution in [0, 0.1) is 13.8 Å². The van der Waals surface area contributed by atoms with Gasteiger partial charge in [-0.1, -0.05) is 0 Å². The highest BCUT2D eigenvalue weighted by Crippen LogP contribution is 2.09. The van der Waals surface area contributed by atoms with Gasteiger partial charge in [-0.05, 0) is 42.7 Å². The van der Waals surface area contributed by atoms with Gasteiger partial charge in [0, 0.05) is 18.9 Å². The van der Waals surface area contributed by atoms with Gasteiger partial charge < -0.3 is 9.73 Å². The predicted molar refractivity (Wildman–Crippen MR) is 63.0 cm³/mol. The van der Waals surface area contributed by atoms with E-state index in [9.17, 15) is 0 Å². The van der Waals surface area contributed by atoms with Gasteiger partial charge in [0.25, 0.3) is 0 Å². The van der Waals surface area contributed by atoms with Gasteiger partial charge in [-0.15, -0.1) is 0 Å². The number of nitrogens with one attached hydrogen (secondary N) is 1. The molecule has 0 saturated heterocycles. The first-order valence-electron chi connectivity index (χ1n) is 5.40. The molecule has 2 aromatic heterocycles. The molecule has 84 valence electrons. The third-order valence-corrected chi connectivity index (χ3v) is 2.71. The molecule has 0 bridgehead atoms. The average molecular weight is 216 g/mol. The van der Waals surface area contributed by atoms with Gasteiger partial charge >= 0.3 is 0 Å². The Labute approximate surface area is 95.5 Å². The van der Waals surface area contributed by atoms with Crippen LogP contribution in [0.4, 0.5) is 0 Å². The molecule has 0 unspecified atom stereocenters. The van der Waals surface area contributed by atoms with Crippen molar-refractivity contribution in [2.45, 2.75) is 26.9 Å². The van der Waals surface area contributed by atoms with Gasteiger partial charge in [0.15, 0.2) is 0 Å². The first-order valence-corrected chi connectivity index (χ1v) is 5.40. The summed E-state index contributed by atoms with van der Waals surface area (Å²) in [5.74, 6) is 1.01. The summed E-state index contributed by atoms with van der Waals surface area (Å²) in [5, 5.41) is 3.36. The molecule has 0 aliphatic rings. The van der Waals surface area contributed by atoms with Crippen molar-refractivity contribution in [2.24, 2.45) is 0 Å². The van der Waals surface area contributed by atoms with Crippen molar-refractivity contribution in [2.75, 3.05) is 0 Å². The molecule has 2 heterocycles. The second kappa shape index (κ2) is 4.94. The predicted octanol–water partition coefficient (Wildman–Crippen LogP) is 2.58. The molecule has 0 fully saturated rings. The van der Waals surface area contributed by atoms with Crippen LogP contribution in [0.2, 0.25) is 0 Å². The van der Waals surface area contributed by atoms with Crippen LogP contribution in [0.25, 0.3) is 0 Å². The zero-order valence-electron chi connectivity index (χ0n) is 9.66. The lowest BCUT2D eigenvalue weighted by atomic mass is 10.1. The lowest BCUT2D eigenvalue weighted by molar-refractivity contribution is 0.480. The summed E-state index contributed by atoms with van der Waals surface area (Å²) in [6.07, 6.45) is 5.43. The Morgan fingerprint density at radius 3 is 2.75 bits per heavy atom. The third-order valence-electron chi connectivity index (χ3n) is 2.71. The van der Waals surface area contributed by atoms with Crippen molar-refractivity contribution in [3.05, 3.63) is 53.2 Å². The quantitative estimate of drug-likeness (QED) is 0.853. The molecule has 3 heteroatoms. The summed E-state index contributed by atoms with van der Waals surface area (Å²) in [6.45, 7) is 5.73. The van der Waals surface area contributed by atoms with Gasteiger partial charge in [0.1, 0.15) is 5.76 Å². The van der Waals surface area contributed by atoms with Crippen LogP contribution in [-0.2, 0) is 13.1 Å². The van der Waals surface area contributed by atoms with Gasteiger partial charge in [-0.2, -0.15) is 0 Å². The van der Waals surface area contributed by atoms with Crippen LogP contribution in [-0.4, -0.2) is 4.98 Å². The van der Waals surface area contributed by atoms with E-state index in [-0.39, 0.29) is 0 Å². The van der Waals surface area contributed by atoms with E-state index in [0.717, 1.165) is 18.8 Å². The van der Waals surface area contributed by atoms with Crippen LogP contribution in [0.15, 0.2) is 35.2 Å². The highest BCUT2D eigenvalue weighted by molar-refractivity contribution is 5.21. The second-order valence-electron chi connectivity index (χ2n) is 3.93. The van der Waals surface area contributed by atoms with E-state index in [1.54, 1.807) is 6.26 Å². The Morgan fingerprint density at radius 2 is 2.06 bits per heavy atom. The van der Waals surface area contributed by atoms with E-state index in [2.05, 4.69) is 24.1 Å². The molecule has 0 aliphatic carbocycles. The molecule has 0 aliphatic heterocycles. The molecule has 0 atom stereocenters. The normalized spacial score (nSPS) is 10.6. The molecule has 3 nitrogen and oxygen atoms in total. The van der Waals surface area contributed by atoms with Crippen LogP contribution in [0.5, 0.6) is 0 Å². The maximum atomic E-state index is 5.36. The van der Waals surface area contributed by atoms with Crippen LogP contribution >= 0.6 is 0 Å². The molecular weight excluding hydrogens is 200 g/mol. The topological polar surface area (TPSA) is 38.1 Å².